The number of carboxylic acid groups (broad SMARTS) is 2. The number of rotatable bonds is 3. The lowest BCUT2D eigenvalue weighted by Gasteiger charge is -2.06. The van der Waals surface area contributed by atoms with E-state index in [2.05, 4.69) is 5.32 Å². The summed E-state index contributed by atoms with van der Waals surface area (Å²) in [6, 6.07) is -1.70. The molecular weight excluding hydrogens is 232 g/mol. The average molecular weight is 250 g/mol. The van der Waals surface area contributed by atoms with Crippen molar-refractivity contribution in [3.63, 3.8) is 0 Å². The third-order valence-corrected chi connectivity index (χ3v) is 2.21. The molecule has 0 spiro atoms. The molecule has 0 unspecified atom stereocenters. The fourth-order valence-corrected chi connectivity index (χ4v) is 1.11. The molecule has 1 aliphatic rings. The maximum atomic E-state index is 10.2. The quantitative estimate of drug-likeness (QED) is 0.323. The molecule has 8 nitrogen and oxygen atoms in total. The zero-order valence-electron chi connectivity index (χ0n) is 9.41. The van der Waals surface area contributed by atoms with Gasteiger partial charge in [0.15, 0.2) is 0 Å². The van der Waals surface area contributed by atoms with Crippen molar-refractivity contribution in [1.82, 2.24) is 5.32 Å². The van der Waals surface area contributed by atoms with E-state index in [0.29, 0.717) is 13.0 Å². The zero-order chi connectivity index (χ0) is 13.6. The van der Waals surface area contributed by atoms with Crippen LogP contribution in [0.15, 0.2) is 0 Å². The molecule has 0 radical (unpaired) electrons. The Balaban J connectivity index is 0.000000304. The van der Waals surface area contributed by atoms with Crippen molar-refractivity contribution < 1.29 is 30.0 Å². The van der Waals surface area contributed by atoms with Crippen LogP contribution in [0.5, 0.6) is 0 Å². The highest BCUT2D eigenvalue weighted by Crippen LogP contribution is 2.05. The molecule has 0 aromatic rings. The van der Waals surface area contributed by atoms with Crippen LogP contribution in [0.25, 0.3) is 0 Å². The van der Waals surface area contributed by atoms with Crippen molar-refractivity contribution in [3.8, 4) is 0 Å². The Labute approximate surface area is 98.0 Å². The van der Waals surface area contributed by atoms with E-state index in [9.17, 15) is 9.59 Å². The number of β-amino-alcohol motifs (C(OH)–C–C–N with tert-alkyl or cyclic N) is 1. The van der Waals surface area contributed by atoms with E-state index in [1.807, 2.05) is 0 Å². The first kappa shape index (κ1) is 15.8. The Bertz CT molecular complexity index is 270. The molecular formula is C9H18N2O6. The van der Waals surface area contributed by atoms with Crippen molar-refractivity contribution in [2.24, 2.45) is 5.73 Å². The van der Waals surface area contributed by atoms with Gasteiger partial charge in [-0.2, -0.15) is 0 Å². The minimum atomic E-state index is -1.18. The van der Waals surface area contributed by atoms with Crippen LogP contribution in [-0.4, -0.2) is 63.2 Å². The van der Waals surface area contributed by atoms with E-state index in [-0.39, 0.29) is 0 Å². The fraction of sp³-hybridized carbons (Fsp3) is 0.778. The minimum absolute atomic E-state index is 0.329. The van der Waals surface area contributed by atoms with E-state index >= 15 is 0 Å². The van der Waals surface area contributed by atoms with Gasteiger partial charge in [0.1, 0.15) is 12.1 Å². The highest BCUT2D eigenvalue weighted by Gasteiger charge is 2.27. The predicted octanol–water partition coefficient (Wildman–Crippen LogP) is -2.43. The Hall–Kier alpha value is -1.22. The Kier molecular flexibility index (Phi) is 6.66. The summed E-state index contributed by atoms with van der Waals surface area (Å²) in [6.45, 7) is 1.73. The molecule has 1 fully saturated rings. The average Bonchev–Trinajstić information content (AvgIpc) is 2.64. The topological polar surface area (TPSA) is 153 Å². The molecule has 0 aliphatic carbocycles. The number of carboxylic acids is 2. The first-order chi connectivity index (χ1) is 7.75. The zero-order valence-corrected chi connectivity index (χ0v) is 9.41. The Morgan fingerprint density at radius 1 is 1.41 bits per heavy atom. The lowest BCUT2D eigenvalue weighted by Crippen LogP contribution is -2.39. The van der Waals surface area contributed by atoms with Crippen LogP contribution < -0.4 is 11.1 Å². The van der Waals surface area contributed by atoms with Gasteiger partial charge in [-0.3, -0.25) is 9.59 Å². The Morgan fingerprint density at radius 2 is 1.94 bits per heavy atom. The maximum Gasteiger partial charge on any atom is 0.323 e. The van der Waals surface area contributed by atoms with Crippen molar-refractivity contribution in [2.75, 3.05) is 6.54 Å². The molecule has 7 N–H and O–H groups in total. The maximum absolute atomic E-state index is 10.2. The van der Waals surface area contributed by atoms with Crippen LogP contribution in [0.1, 0.15) is 13.3 Å². The highest BCUT2D eigenvalue weighted by atomic mass is 16.4. The number of nitrogens with two attached hydrogens (primary N) is 1. The Morgan fingerprint density at radius 3 is 2.06 bits per heavy atom. The van der Waals surface area contributed by atoms with Gasteiger partial charge in [-0.05, 0) is 6.92 Å². The van der Waals surface area contributed by atoms with E-state index in [1.165, 1.54) is 6.92 Å². The van der Waals surface area contributed by atoms with Gasteiger partial charge in [-0.25, -0.2) is 0 Å². The van der Waals surface area contributed by atoms with Gasteiger partial charge in [-0.15, -0.1) is 0 Å². The van der Waals surface area contributed by atoms with Crippen molar-refractivity contribution in [2.45, 2.75) is 37.6 Å². The monoisotopic (exact) mass is 250 g/mol. The summed E-state index contributed by atoms with van der Waals surface area (Å²) in [5.74, 6) is -2.06. The van der Waals surface area contributed by atoms with Crippen LogP contribution in [0.3, 0.4) is 0 Å². The third-order valence-electron chi connectivity index (χ3n) is 2.21. The standard InChI is InChI=1S/C5H9NO3.C4H9NO3/c7-3-1-4(5(8)9)6-2-3;1-2(6)3(5)4(7)8/h3-4,6-7H,1-2H2,(H,8,9);2-3,6H,5H2,1H3,(H,7,8)/t3-,4+;2-,3+/m11/s1. The number of hydrogen-bond donors (Lipinski definition) is 6. The summed E-state index contributed by atoms with van der Waals surface area (Å²) in [4.78, 5) is 20.0. The first-order valence-electron chi connectivity index (χ1n) is 5.06. The number of carbonyl (C=O) groups is 2. The lowest BCUT2D eigenvalue weighted by molar-refractivity contribution is -0.141. The summed E-state index contributed by atoms with van der Waals surface area (Å²) in [5.41, 5.74) is 4.91. The third kappa shape index (κ3) is 6.17. The van der Waals surface area contributed by atoms with Gasteiger partial charge in [0, 0.05) is 13.0 Å². The van der Waals surface area contributed by atoms with Gasteiger partial charge in [0.25, 0.3) is 0 Å². The second kappa shape index (κ2) is 7.17. The van der Waals surface area contributed by atoms with Crippen molar-refractivity contribution in [1.29, 1.82) is 0 Å². The van der Waals surface area contributed by atoms with E-state index < -0.39 is 36.2 Å². The van der Waals surface area contributed by atoms with Crippen LogP contribution in [0.4, 0.5) is 0 Å². The number of nitrogens with one attached hydrogen (secondary N) is 1. The molecule has 0 amide bonds. The molecule has 1 rings (SSSR count). The second-order valence-electron chi connectivity index (χ2n) is 3.79. The minimum Gasteiger partial charge on any atom is -0.480 e. The summed E-state index contributed by atoms with van der Waals surface area (Å²) < 4.78 is 0. The normalized spacial score (nSPS) is 26.6. The lowest BCUT2D eigenvalue weighted by atomic mass is 10.2. The molecule has 4 atom stereocenters. The van der Waals surface area contributed by atoms with E-state index in [1.54, 1.807) is 0 Å². The summed E-state index contributed by atoms with van der Waals surface area (Å²) >= 11 is 0. The number of aliphatic carboxylic acids is 2. The second-order valence-corrected chi connectivity index (χ2v) is 3.79. The van der Waals surface area contributed by atoms with E-state index in [0.717, 1.165) is 0 Å². The fourth-order valence-electron chi connectivity index (χ4n) is 1.11. The molecule has 0 aromatic heterocycles. The highest BCUT2D eigenvalue weighted by molar-refractivity contribution is 5.74. The van der Waals surface area contributed by atoms with Gasteiger partial charge in [-0.1, -0.05) is 0 Å². The van der Waals surface area contributed by atoms with Gasteiger partial charge in [0.2, 0.25) is 0 Å². The van der Waals surface area contributed by atoms with Crippen LogP contribution in [-0.2, 0) is 9.59 Å². The molecule has 100 valence electrons. The molecule has 0 bridgehead atoms. The molecule has 8 heteroatoms. The molecule has 0 aromatic carbocycles. The molecule has 1 heterocycles. The summed E-state index contributed by atoms with van der Waals surface area (Å²) in [6.07, 6.45) is -1.13. The number of hydrogen-bond acceptors (Lipinski definition) is 6. The summed E-state index contributed by atoms with van der Waals surface area (Å²) in [5, 5.41) is 36.4. The molecule has 1 saturated heterocycles. The van der Waals surface area contributed by atoms with Gasteiger partial charge < -0.3 is 31.5 Å². The number of aliphatic hydroxyl groups excluding tert-OH is 2. The largest absolute Gasteiger partial charge is 0.480 e. The SMILES string of the molecule is C[C@@H](O)[C@H](N)C(=O)O.O=C(O)[C@@H]1C[C@@H](O)CN1. The van der Waals surface area contributed by atoms with Gasteiger partial charge in [0.05, 0.1) is 12.2 Å². The van der Waals surface area contributed by atoms with Gasteiger partial charge >= 0.3 is 11.9 Å². The van der Waals surface area contributed by atoms with Crippen molar-refractivity contribution >= 4 is 11.9 Å². The smallest absolute Gasteiger partial charge is 0.323 e. The van der Waals surface area contributed by atoms with Crippen LogP contribution >= 0.6 is 0 Å². The molecule has 17 heavy (non-hydrogen) atoms. The van der Waals surface area contributed by atoms with Crippen LogP contribution in [0.2, 0.25) is 0 Å². The number of aliphatic hydroxyl groups is 2. The van der Waals surface area contributed by atoms with E-state index in [4.69, 9.17) is 26.2 Å². The van der Waals surface area contributed by atoms with Crippen molar-refractivity contribution in [3.05, 3.63) is 0 Å². The summed E-state index contributed by atoms with van der Waals surface area (Å²) in [7, 11) is 0. The predicted molar refractivity (Wildman–Crippen MR) is 57.3 cm³/mol. The molecule has 1 aliphatic heterocycles. The van der Waals surface area contributed by atoms with Crippen LogP contribution in [0, 0.1) is 0 Å². The first-order valence-corrected chi connectivity index (χ1v) is 5.06. The molecule has 0 saturated carbocycles.